The molecule has 1 fully saturated rings. The molecule has 2 heterocycles. The number of rotatable bonds is 5. The molecule has 1 aliphatic heterocycles. The van der Waals surface area contributed by atoms with Crippen LogP contribution in [0.4, 0.5) is 18.9 Å². The second-order valence-electron chi connectivity index (χ2n) is 7.91. The van der Waals surface area contributed by atoms with Gasteiger partial charge in [0.25, 0.3) is 11.8 Å². The van der Waals surface area contributed by atoms with Crippen molar-refractivity contribution in [2.45, 2.75) is 31.7 Å². The van der Waals surface area contributed by atoms with E-state index in [0.717, 1.165) is 4.90 Å². The highest BCUT2D eigenvalue weighted by atomic mass is 19.3. The number of aromatic nitrogens is 1. The van der Waals surface area contributed by atoms with Crippen molar-refractivity contribution in [2.75, 3.05) is 19.0 Å². The number of hydrogen-bond acceptors (Lipinski definition) is 5. The van der Waals surface area contributed by atoms with E-state index >= 15 is 0 Å². The number of carbonyl (C=O) groups excluding carboxylic acids is 3. The molecule has 0 aliphatic carbocycles. The molecule has 1 unspecified atom stereocenters. The molecule has 3 rings (SSSR count). The largest absolute Gasteiger partial charge is 0.480 e. The fraction of sp³-hybridized carbons (Fsp3) is 0.364. The minimum absolute atomic E-state index is 0.00780. The Bertz CT molecular complexity index is 1060. The molecule has 1 aromatic heterocycles. The van der Waals surface area contributed by atoms with E-state index in [1.54, 1.807) is 0 Å². The third-order valence-corrected chi connectivity index (χ3v) is 5.55. The highest BCUT2D eigenvalue weighted by Crippen LogP contribution is 2.37. The van der Waals surface area contributed by atoms with Crippen LogP contribution in [0.15, 0.2) is 36.5 Å². The predicted octanol–water partition coefficient (Wildman–Crippen LogP) is 2.38. The van der Waals surface area contributed by atoms with Crippen molar-refractivity contribution in [3.05, 3.63) is 53.5 Å². The zero-order chi connectivity index (χ0) is 24.3. The van der Waals surface area contributed by atoms with Gasteiger partial charge in [-0.05, 0) is 30.2 Å². The first-order chi connectivity index (χ1) is 15.5. The summed E-state index contributed by atoms with van der Waals surface area (Å²) >= 11 is 0. The van der Waals surface area contributed by atoms with Gasteiger partial charge in [0, 0.05) is 24.9 Å². The van der Waals surface area contributed by atoms with E-state index < -0.39 is 47.8 Å². The van der Waals surface area contributed by atoms with Crippen molar-refractivity contribution in [2.24, 2.45) is 11.7 Å². The number of pyridine rings is 1. The van der Waals surface area contributed by atoms with Gasteiger partial charge in [-0.15, -0.1) is 0 Å². The van der Waals surface area contributed by atoms with Gasteiger partial charge in [0.05, 0.1) is 19.0 Å². The molecule has 1 aromatic carbocycles. The number of nitrogens with zero attached hydrogens (tertiary/aromatic N) is 2. The number of nitrogens with one attached hydrogen (secondary N) is 1. The van der Waals surface area contributed by atoms with Gasteiger partial charge in [-0.25, -0.2) is 18.2 Å². The van der Waals surface area contributed by atoms with E-state index in [4.69, 9.17) is 10.5 Å². The number of halogens is 3. The number of amides is 3. The number of likely N-dealkylation sites (tertiary alicyclic amines) is 1. The van der Waals surface area contributed by atoms with Crippen LogP contribution in [-0.2, 0) is 16.0 Å². The quantitative estimate of drug-likeness (QED) is 0.660. The van der Waals surface area contributed by atoms with Crippen LogP contribution in [0.2, 0.25) is 0 Å². The maximum absolute atomic E-state index is 14.4. The van der Waals surface area contributed by atoms with Gasteiger partial charge < -0.3 is 20.7 Å². The summed E-state index contributed by atoms with van der Waals surface area (Å²) in [5.74, 6) is -7.68. The molecular formula is C22H23F3N4O4. The van der Waals surface area contributed by atoms with Gasteiger partial charge in [0.2, 0.25) is 5.88 Å². The molecule has 0 radical (unpaired) electrons. The van der Waals surface area contributed by atoms with Crippen molar-refractivity contribution in [3.63, 3.8) is 0 Å². The lowest BCUT2D eigenvalue weighted by Crippen LogP contribution is -2.57. The molecule has 0 saturated carbocycles. The van der Waals surface area contributed by atoms with Gasteiger partial charge in [-0.1, -0.05) is 19.1 Å². The standard InChI is InChI=1S/C22H23F3N4O4/c1-12-11-29(16(9-22(12,24)25)7-13-3-5-14(23)6-4-13)21(32)19(31)28-15-8-17(18(26)30)20(33-2)27-10-15/h3-6,8,10,12,16H,7,9,11H2,1-2H3,(H2,26,30)(H,28,31)/t12-,16?/m1/s1. The number of anilines is 1. The Morgan fingerprint density at radius 2 is 1.94 bits per heavy atom. The molecule has 0 spiro atoms. The number of primary amides is 1. The fourth-order valence-corrected chi connectivity index (χ4v) is 3.70. The second kappa shape index (κ2) is 9.47. The molecule has 11 heteroatoms. The molecule has 33 heavy (non-hydrogen) atoms. The Balaban J connectivity index is 1.81. The van der Waals surface area contributed by atoms with Crippen LogP contribution in [0.3, 0.4) is 0 Å². The zero-order valence-electron chi connectivity index (χ0n) is 18.0. The molecule has 2 aromatic rings. The first kappa shape index (κ1) is 24.0. The molecule has 1 saturated heterocycles. The SMILES string of the molecule is COc1ncc(NC(=O)C(=O)N2C[C@@H](C)C(F)(F)CC2Cc2ccc(F)cc2)cc1C(N)=O. The lowest BCUT2D eigenvalue weighted by molar-refractivity contribution is -0.158. The maximum atomic E-state index is 14.4. The predicted molar refractivity (Wildman–Crippen MR) is 112 cm³/mol. The number of ether oxygens (including phenoxy) is 1. The molecule has 2 atom stereocenters. The summed E-state index contributed by atoms with van der Waals surface area (Å²) in [5, 5.41) is 2.32. The summed E-state index contributed by atoms with van der Waals surface area (Å²) in [7, 11) is 1.28. The van der Waals surface area contributed by atoms with E-state index in [9.17, 15) is 27.6 Å². The third-order valence-electron chi connectivity index (χ3n) is 5.55. The Morgan fingerprint density at radius 1 is 1.27 bits per heavy atom. The number of carbonyl (C=O) groups is 3. The molecule has 0 bridgehead atoms. The highest BCUT2D eigenvalue weighted by molar-refractivity contribution is 6.39. The molecule has 1 aliphatic rings. The van der Waals surface area contributed by atoms with Crippen LogP contribution < -0.4 is 15.8 Å². The van der Waals surface area contributed by atoms with E-state index in [1.807, 2.05) is 0 Å². The maximum Gasteiger partial charge on any atom is 0.313 e. The van der Waals surface area contributed by atoms with Crippen LogP contribution in [0.1, 0.15) is 29.3 Å². The number of alkyl halides is 2. The summed E-state index contributed by atoms with van der Waals surface area (Å²) in [6, 6.07) is 5.51. The van der Waals surface area contributed by atoms with E-state index in [-0.39, 0.29) is 30.1 Å². The average molecular weight is 464 g/mol. The summed E-state index contributed by atoms with van der Waals surface area (Å²) in [4.78, 5) is 42.1. The molecular weight excluding hydrogens is 441 g/mol. The number of benzene rings is 1. The number of methoxy groups -OCH3 is 1. The second-order valence-corrected chi connectivity index (χ2v) is 7.91. The number of piperidine rings is 1. The minimum Gasteiger partial charge on any atom is -0.480 e. The van der Waals surface area contributed by atoms with Crippen molar-refractivity contribution in [1.82, 2.24) is 9.88 Å². The van der Waals surface area contributed by atoms with E-state index in [2.05, 4.69) is 10.3 Å². The van der Waals surface area contributed by atoms with Crippen molar-refractivity contribution in [3.8, 4) is 5.88 Å². The highest BCUT2D eigenvalue weighted by Gasteiger charge is 2.48. The first-order valence-electron chi connectivity index (χ1n) is 10.1. The molecule has 176 valence electrons. The Hall–Kier alpha value is -3.63. The summed E-state index contributed by atoms with van der Waals surface area (Å²) < 4.78 is 47.0. The minimum atomic E-state index is -3.03. The van der Waals surface area contributed by atoms with Crippen LogP contribution in [0.5, 0.6) is 5.88 Å². The van der Waals surface area contributed by atoms with Crippen LogP contribution >= 0.6 is 0 Å². The Morgan fingerprint density at radius 3 is 2.55 bits per heavy atom. The topological polar surface area (TPSA) is 115 Å². The van der Waals surface area contributed by atoms with Gasteiger partial charge in [-0.2, -0.15) is 0 Å². The summed E-state index contributed by atoms with van der Waals surface area (Å²) in [6.07, 6.45) is 0.553. The number of nitrogens with two attached hydrogens (primary N) is 1. The fourth-order valence-electron chi connectivity index (χ4n) is 3.70. The molecule has 8 nitrogen and oxygen atoms in total. The van der Waals surface area contributed by atoms with Crippen LogP contribution in [-0.4, -0.2) is 53.2 Å². The van der Waals surface area contributed by atoms with Crippen molar-refractivity contribution < 1.29 is 32.3 Å². The van der Waals surface area contributed by atoms with Gasteiger partial charge in [0.15, 0.2) is 0 Å². The number of hydrogen-bond donors (Lipinski definition) is 2. The Kier molecular flexibility index (Phi) is 6.89. The van der Waals surface area contributed by atoms with Crippen LogP contribution in [0.25, 0.3) is 0 Å². The average Bonchev–Trinajstić information content (AvgIpc) is 2.76. The molecule has 3 amide bonds. The van der Waals surface area contributed by atoms with Crippen molar-refractivity contribution >= 4 is 23.4 Å². The normalized spacial score (nSPS) is 19.6. The third kappa shape index (κ3) is 5.41. The smallest absolute Gasteiger partial charge is 0.313 e. The monoisotopic (exact) mass is 464 g/mol. The van der Waals surface area contributed by atoms with E-state index in [1.165, 1.54) is 50.6 Å². The molecule has 3 N–H and O–H groups in total. The van der Waals surface area contributed by atoms with Crippen molar-refractivity contribution in [1.29, 1.82) is 0 Å². The van der Waals surface area contributed by atoms with Gasteiger partial charge in [0.1, 0.15) is 11.4 Å². The first-order valence-corrected chi connectivity index (χ1v) is 10.1. The summed E-state index contributed by atoms with van der Waals surface area (Å²) in [6.45, 7) is 0.970. The van der Waals surface area contributed by atoms with Gasteiger partial charge in [-0.3, -0.25) is 14.4 Å². The lowest BCUT2D eigenvalue weighted by atomic mass is 9.87. The Labute approximate surface area is 187 Å². The van der Waals surface area contributed by atoms with Crippen LogP contribution in [0, 0.1) is 11.7 Å². The van der Waals surface area contributed by atoms with E-state index in [0.29, 0.717) is 5.56 Å². The lowest BCUT2D eigenvalue weighted by Gasteiger charge is -2.42. The van der Waals surface area contributed by atoms with Gasteiger partial charge >= 0.3 is 11.8 Å². The zero-order valence-corrected chi connectivity index (χ0v) is 18.0. The summed E-state index contributed by atoms with van der Waals surface area (Å²) in [5.41, 5.74) is 5.72.